The second kappa shape index (κ2) is 8.22. The number of amides is 1. The van der Waals surface area contributed by atoms with Crippen LogP contribution in [0.5, 0.6) is 0 Å². The van der Waals surface area contributed by atoms with Crippen molar-refractivity contribution < 1.29 is 23.8 Å². The number of hydrogen-bond acceptors (Lipinski definition) is 4. The van der Waals surface area contributed by atoms with Gasteiger partial charge < -0.3 is 14.7 Å². The minimum Gasteiger partial charge on any atom is -0.494 e. The molecular formula is C22H27ClFNO4SSi. The minimum absolute atomic E-state index is 0.0637. The average molecular weight is 484 g/mol. The Balaban J connectivity index is 2.31. The van der Waals surface area contributed by atoms with E-state index in [1.165, 1.54) is 7.11 Å². The first-order chi connectivity index (χ1) is 14.4. The Labute approximate surface area is 191 Å². The number of halogens is 2. The predicted octanol–water partition coefficient (Wildman–Crippen LogP) is 6.23. The van der Waals surface area contributed by atoms with E-state index in [2.05, 4.69) is 0 Å². The normalized spacial score (nSPS) is 21.1. The molecule has 0 bridgehead atoms. The monoisotopic (exact) mass is 483 g/mol. The lowest BCUT2D eigenvalue weighted by Gasteiger charge is -2.41. The number of methoxy groups -OCH3 is 1. The number of ether oxygens (including phenoxy) is 1. The zero-order valence-corrected chi connectivity index (χ0v) is 21.1. The lowest BCUT2D eigenvalue weighted by Crippen LogP contribution is -2.47. The summed E-state index contributed by atoms with van der Waals surface area (Å²) in [6.07, 6.45) is 1.88. The van der Waals surface area contributed by atoms with Crippen molar-refractivity contribution in [2.75, 3.05) is 7.11 Å². The first kappa shape index (κ1) is 23.8. The van der Waals surface area contributed by atoms with Crippen LogP contribution in [0.15, 0.2) is 46.6 Å². The van der Waals surface area contributed by atoms with E-state index >= 15 is 0 Å². The fraction of sp³-hybridized carbons (Fsp3) is 0.455. The van der Waals surface area contributed by atoms with Crippen LogP contribution >= 0.6 is 22.9 Å². The lowest BCUT2D eigenvalue weighted by atomic mass is 9.84. The maximum atomic E-state index is 14.8. The fourth-order valence-corrected chi connectivity index (χ4v) is 8.71. The lowest BCUT2D eigenvalue weighted by molar-refractivity contribution is -0.139. The van der Waals surface area contributed by atoms with Crippen LogP contribution in [0.4, 0.5) is 4.39 Å². The average Bonchev–Trinajstić information content (AvgIpc) is 3.22. The maximum absolute atomic E-state index is 14.8. The van der Waals surface area contributed by atoms with Crippen molar-refractivity contribution in [2.24, 2.45) is 0 Å². The number of fused-ring (bicyclic) bond motifs is 1. The topological polar surface area (TPSA) is 66.8 Å². The van der Waals surface area contributed by atoms with Gasteiger partial charge in [0.15, 0.2) is 5.76 Å². The van der Waals surface area contributed by atoms with Crippen LogP contribution in [0.1, 0.15) is 36.4 Å². The molecule has 5 nitrogen and oxygen atoms in total. The molecule has 2 unspecified atom stereocenters. The molecule has 2 atom stereocenters. The number of carboxylic acid groups (broad SMARTS) is 1. The van der Waals surface area contributed by atoms with Gasteiger partial charge in [0.1, 0.15) is 5.83 Å². The van der Waals surface area contributed by atoms with Crippen molar-refractivity contribution >= 4 is 42.9 Å². The molecule has 2 heterocycles. The number of thiophene rings is 1. The van der Waals surface area contributed by atoms with Crippen molar-refractivity contribution in [3.63, 3.8) is 0 Å². The Morgan fingerprint density at radius 1 is 1.39 bits per heavy atom. The zero-order chi connectivity index (χ0) is 23.3. The summed E-state index contributed by atoms with van der Waals surface area (Å²) in [6.45, 7) is 9.67. The van der Waals surface area contributed by atoms with Crippen LogP contribution in [0.3, 0.4) is 0 Å². The highest BCUT2D eigenvalue weighted by Crippen LogP contribution is 2.58. The molecule has 0 saturated carbocycles. The highest BCUT2D eigenvalue weighted by Gasteiger charge is 2.57. The van der Waals surface area contributed by atoms with Crippen molar-refractivity contribution in [3.05, 3.63) is 55.9 Å². The second-order valence-corrected chi connectivity index (χ2v) is 15.9. The SMILES string of the molecule is CCC(C(=O)O)(C1=C(C)N(C(=O)c2ccc(Cl)s2)C2CC(F)=C(OC)C=C12)[Si](C)(C)C. The van der Waals surface area contributed by atoms with Gasteiger partial charge in [0, 0.05) is 12.1 Å². The van der Waals surface area contributed by atoms with E-state index in [0.29, 0.717) is 32.5 Å². The van der Waals surface area contributed by atoms with Gasteiger partial charge >= 0.3 is 5.97 Å². The Morgan fingerprint density at radius 3 is 2.48 bits per heavy atom. The highest BCUT2D eigenvalue weighted by molar-refractivity contribution is 7.18. The molecule has 0 fully saturated rings. The third-order valence-corrected chi connectivity index (χ3v) is 11.0. The molecule has 1 amide bonds. The Kier molecular flexibility index (Phi) is 6.30. The molecule has 1 aromatic rings. The highest BCUT2D eigenvalue weighted by atomic mass is 35.5. The van der Waals surface area contributed by atoms with Crippen LogP contribution in [-0.2, 0) is 9.53 Å². The third-order valence-electron chi connectivity index (χ3n) is 6.43. The van der Waals surface area contributed by atoms with Crippen LogP contribution in [0.2, 0.25) is 29.0 Å². The van der Waals surface area contributed by atoms with Gasteiger partial charge in [0.05, 0.1) is 35.5 Å². The standard InChI is InChI=1S/C22H27ClFNO4SSi/c1-7-22(21(27)28,31(4,5)6)19-12(2)25(20(26)17-8-9-18(23)30-17)15-11-14(24)16(29-3)10-13(15)19/h8-10,15H,7,11H2,1-6H3,(H,27,28). The van der Waals surface area contributed by atoms with Crippen LogP contribution in [0, 0.1) is 0 Å². The van der Waals surface area contributed by atoms with E-state index in [9.17, 15) is 19.1 Å². The summed E-state index contributed by atoms with van der Waals surface area (Å²) in [6, 6.07) is 2.66. The van der Waals surface area contributed by atoms with Crippen LogP contribution in [-0.4, -0.2) is 43.1 Å². The smallest absolute Gasteiger partial charge is 0.311 e. The number of carbonyl (C=O) groups excluding carboxylic acids is 1. The molecule has 1 N–H and O–H groups in total. The van der Waals surface area contributed by atoms with Crippen molar-refractivity contribution in [2.45, 2.75) is 57.4 Å². The van der Waals surface area contributed by atoms with E-state index in [4.69, 9.17) is 16.3 Å². The second-order valence-electron chi connectivity index (χ2n) is 8.85. The third kappa shape index (κ3) is 3.58. The molecular weight excluding hydrogens is 457 g/mol. The fourth-order valence-electron chi connectivity index (χ4n) is 4.96. The maximum Gasteiger partial charge on any atom is 0.311 e. The van der Waals surface area contributed by atoms with Gasteiger partial charge in [-0.2, -0.15) is 0 Å². The van der Waals surface area contributed by atoms with Crippen molar-refractivity contribution in [1.29, 1.82) is 0 Å². The van der Waals surface area contributed by atoms with Crippen molar-refractivity contribution in [3.8, 4) is 0 Å². The van der Waals surface area contributed by atoms with Crippen LogP contribution in [0.25, 0.3) is 0 Å². The molecule has 31 heavy (non-hydrogen) atoms. The number of allylic oxidation sites excluding steroid dienone is 2. The van der Waals surface area contributed by atoms with E-state index in [1.807, 2.05) is 26.6 Å². The van der Waals surface area contributed by atoms with E-state index in [1.54, 1.807) is 30.0 Å². The molecule has 1 aromatic heterocycles. The Bertz CT molecular complexity index is 1040. The molecule has 9 heteroatoms. The molecule has 3 rings (SSSR count). The molecule has 0 aromatic carbocycles. The van der Waals surface area contributed by atoms with Gasteiger partial charge in [-0.3, -0.25) is 9.59 Å². The molecule has 0 spiro atoms. The number of nitrogens with zero attached hydrogens (tertiary/aromatic N) is 1. The Morgan fingerprint density at radius 2 is 2.03 bits per heavy atom. The van der Waals surface area contributed by atoms with E-state index in [-0.39, 0.29) is 18.1 Å². The molecule has 1 aliphatic heterocycles. The summed E-state index contributed by atoms with van der Waals surface area (Å²) < 4.78 is 20.5. The Hall–Kier alpha value is -1.90. The first-order valence-electron chi connectivity index (χ1n) is 10.1. The molecule has 2 aliphatic rings. The molecule has 1 aliphatic carbocycles. The summed E-state index contributed by atoms with van der Waals surface area (Å²) in [4.78, 5) is 28.3. The minimum atomic E-state index is -2.38. The molecule has 168 valence electrons. The number of hydrogen-bond donors (Lipinski definition) is 1. The number of carbonyl (C=O) groups is 2. The summed E-state index contributed by atoms with van der Waals surface area (Å²) in [7, 11) is -0.991. The van der Waals surface area contributed by atoms with Gasteiger partial charge in [-0.1, -0.05) is 38.2 Å². The first-order valence-corrected chi connectivity index (χ1v) is 14.8. The predicted molar refractivity (Wildman–Crippen MR) is 124 cm³/mol. The number of aliphatic carboxylic acids is 1. The number of carboxylic acids is 1. The summed E-state index contributed by atoms with van der Waals surface area (Å²) >= 11 is 7.19. The van der Waals surface area contributed by atoms with Crippen molar-refractivity contribution in [1.82, 2.24) is 4.90 Å². The van der Waals surface area contributed by atoms with Gasteiger partial charge in [-0.05, 0) is 42.7 Å². The molecule has 0 saturated heterocycles. The zero-order valence-electron chi connectivity index (χ0n) is 18.5. The largest absolute Gasteiger partial charge is 0.494 e. The van der Waals surface area contributed by atoms with Gasteiger partial charge in [0.2, 0.25) is 0 Å². The van der Waals surface area contributed by atoms with Gasteiger partial charge in [0.25, 0.3) is 5.91 Å². The van der Waals surface area contributed by atoms with E-state index < -0.39 is 31.0 Å². The van der Waals surface area contributed by atoms with Crippen LogP contribution < -0.4 is 0 Å². The summed E-state index contributed by atoms with van der Waals surface area (Å²) in [5.41, 5.74) is 1.82. The number of rotatable bonds is 6. The summed E-state index contributed by atoms with van der Waals surface area (Å²) in [5.74, 6) is -1.60. The quantitative estimate of drug-likeness (QED) is 0.487. The van der Waals surface area contributed by atoms with Gasteiger partial charge in [-0.15, -0.1) is 11.3 Å². The van der Waals surface area contributed by atoms with E-state index in [0.717, 1.165) is 11.3 Å². The van der Waals surface area contributed by atoms with Gasteiger partial charge in [-0.25, -0.2) is 4.39 Å². The summed E-state index contributed by atoms with van der Waals surface area (Å²) in [5, 5.41) is 9.34. The molecule has 0 radical (unpaired) electrons.